The fourth-order valence-corrected chi connectivity index (χ4v) is 5.89. The summed E-state index contributed by atoms with van der Waals surface area (Å²) in [4.78, 5) is 22.7. The maximum absolute atomic E-state index is 6.05. The minimum atomic E-state index is 0.530. The number of unbranched alkanes of at least 4 members (excludes halogenated alkanes) is 1. The van der Waals surface area contributed by atoms with Crippen LogP contribution in [0.5, 0.6) is 23.1 Å². The smallest absolute Gasteiger partial charge is 0.236 e. The maximum atomic E-state index is 6.05. The van der Waals surface area contributed by atoms with Crippen LogP contribution in [0.2, 0.25) is 0 Å². The average molecular weight is 571 g/mol. The first kappa shape index (κ1) is 27.2. The number of nitrogens with zero attached hydrogens (tertiary/aromatic N) is 5. The molecule has 0 saturated carbocycles. The van der Waals surface area contributed by atoms with Gasteiger partial charge in [0.1, 0.15) is 32.3 Å². The van der Waals surface area contributed by atoms with Crippen LogP contribution in [0.25, 0.3) is 31.8 Å². The van der Waals surface area contributed by atoms with Gasteiger partial charge in [-0.25, -0.2) is 15.0 Å². The summed E-state index contributed by atoms with van der Waals surface area (Å²) < 4.78 is 18.7. The van der Waals surface area contributed by atoms with Crippen molar-refractivity contribution in [3.8, 4) is 34.5 Å². The monoisotopic (exact) mass is 570 g/mol. The Bertz CT molecular complexity index is 1630. The van der Waals surface area contributed by atoms with Crippen LogP contribution in [0.3, 0.4) is 0 Å². The molecular weight excluding hydrogens is 536 g/mol. The number of thiophene rings is 1. The normalized spacial score (nSPS) is 13.6. The van der Waals surface area contributed by atoms with Crippen molar-refractivity contribution < 1.29 is 14.2 Å². The van der Waals surface area contributed by atoms with E-state index in [-0.39, 0.29) is 0 Å². The van der Waals surface area contributed by atoms with Gasteiger partial charge in [-0.1, -0.05) is 13.3 Å². The van der Waals surface area contributed by atoms with E-state index in [2.05, 4.69) is 17.1 Å². The highest BCUT2D eigenvalue weighted by Crippen LogP contribution is 2.40. The molecule has 1 aliphatic heterocycles. The summed E-state index contributed by atoms with van der Waals surface area (Å²) in [5, 5.41) is 4.34. The Morgan fingerprint density at radius 1 is 0.854 bits per heavy atom. The Labute approximate surface area is 243 Å². The van der Waals surface area contributed by atoms with E-state index in [4.69, 9.17) is 34.1 Å². The Balaban J connectivity index is 1.26. The third kappa shape index (κ3) is 5.89. The van der Waals surface area contributed by atoms with Crippen LogP contribution in [0.1, 0.15) is 32.4 Å². The fraction of sp³-hybridized carbons (Fsp3) is 0.355. The van der Waals surface area contributed by atoms with Gasteiger partial charge in [0.2, 0.25) is 11.8 Å². The summed E-state index contributed by atoms with van der Waals surface area (Å²) in [7, 11) is 0. The number of hydrogen-bond acceptors (Lipinski definition) is 10. The van der Waals surface area contributed by atoms with Crippen molar-refractivity contribution in [3.05, 3.63) is 54.2 Å². The minimum Gasteiger partial charge on any atom is -0.494 e. The third-order valence-electron chi connectivity index (χ3n) is 6.93. The molecule has 0 bridgehead atoms. The van der Waals surface area contributed by atoms with E-state index in [0.717, 1.165) is 94.6 Å². The van der Waals surface area contributed by atoms with Gasteiger partial charge in [0.05, 0.1) is 24.3 Å². The topological polar surface area (TPSA) is 94.5 Å². The number of ether oxygens (including phenoxy) is 3. The molecule has 0 unspecified atom stereocenters. The largest absolute Gasteiger partial charge is 0.494 e. The highest BCUT2D eigenvalue weighted by molar-refractivity contribution is 7.25. The molecule has 5 aromatic rings. The molecule has 41 heavy (non-hydrogen) atoms. The van der Waals surface area contributed by atoms with E-state index in [9.17, 15) is 0 Å². The quantitative estimate of drug-likeness (QED) is 0.192. The zero-order chi connectivity index (χ0) is 28.2. The Morgan fingerprint density at radius 3 is 2.27 bits per heavy atom. The van der Waals surface area contributed by atoms with E-state index >= 15 is 0 Å². The number of aromatic nitrogens is 4. The first-order valence-electron chi connectivity index (χ1n) is 14.2. The van der Waals surface area contributed by atoms with Crippen LogP contribution >= 0.6 is 11.3 Å². The second kappa shape index (κ2) is 12.2. The first-order chi connectivity index (χ1) is 20.1. The molecule has 212 valence electrons. The summed E-state index contributed by atoms with van der Waals surface area (Å²) in [6.07, 6.45) is 2.16. The van der Waals surface area contributed by atoms with Crippen LogP contribution in [-0.2, 0) is 0 Å². The van der Waals surface area contributed by atoms with E-state index in [1.807, 2.05) is 62.4 Å². The average Bonchev–Trinajstić information content (AvgIpc) is 3.38. The molecule has 1 saturated heterocycles. The van der Waals surface area contributed by atoms with Crippen molar-refractivity contribution in [3.63, 3.8) is 0 Å². The number of anilines is 1. The summed E-state index contributed by atoms with van der Waals surface area (Å²) in [5.41, 5.74) is 2.65. The van der Waals surface area contributed by atoms with Crippen molar-refractivity contribution in [1.82, 2.24) is 25.3 Å². The molecule has 0 atom stereocenters. The molecule has 0 amide bonds. The molecule has 10 heteroatoms. The van der Waals surface area contributed by atoms with Gasteiger partial charge in [-0.3, -0.25) is 0 Å². The molecule has 1 fully saturated rings. The summed E-state index contributed by atoms with van der Waals surface area (Å²) in [5.74, 6) is 4.31. The van der Waals surface area contributed by atoms with Crippen LogP contribution in [-0.4, -0.2) is 59.3 Å². The predicted molar refractivity (Wildman–Crippen MR) is 164 cm³/mol. The number of nitrogens with one attached hydrogen (secondary N) is 1. The Hall–Kier alpha value is -4.02. The lowest BCUT2D eigenvalue weighted by Gasteiger charge is -2.27. The molecule has 0 spiro atoms. The zero-order valence-corrected chi connectivity index (χ0v) is 24.5. The van der Waals surface area contributed by atoms with E-state index in [1.54, 1.807) is 11.3 Å². The fourth-order valence-electron chi connectivity index (χ4n) is 4.79. The van der Waals surface area contributed by atoms with Gasteiger partial charge in [0.25, 0.3) is 0 Å². The lowest BCUT2D eigenvalue weighted by atomic mass is 10.2. The van der Waals surface area contributed by atoms with Gasteiger partial charge in [0.15, 0.2) is 5.82 Å². The maximum Gasteiger partial charge on any atom is 0.236 e. The highest BCUT2D eigenvalue weighted by atomic mass is 32.1. The molecule has 3 aromatic heterocycles. The number of hydrogen-bond donors (Lipinski definition) is 1. The van der Waals surface area contributed by atoms with Crippen molar-refractivity contribution in [2.24, 2.45) is 0 Å². The number of aryl methyl sites for hydroxylation is 1. The van der Waals surface area contributed by atoms with Crippen LogP contribution in [0.4, 0.5) is 5.95 Å². The molecule has 2 aromatic carbocycles. The molecule has 4 heterocycles. The van der Waals surface area contributed by atoms with Crippen LogP contribution in [0.15, 0.2) is 48.5 Å². The molecular formula is C31H34N6O3S. The van der Waals surface area contributed by atoms with Gasteiger partial charge >= 0.3 is 0 Å². The molecule has 0 radical (unpaired) electrons. The molecule has 6 rings (SSSR count). The molecule has 9 nitrogen and oxygen atoms in total. The lowest BCUT2D eigenvalue weighted by Crippen LogP contribution is -2.44. The third-order valence-corrected chi connectivity index (χ3v) is 8.00. The molecule has 0 aliphatic carbocycles. The van der Waals surface area contributed by atoms with Gasteiger partial charge in [-0.2, -0.15) is 4.98 Å². The molecule has 1 aliphatic rings. The lowest BCUT2D eigenvalue weighted by molar-refractivity contribution is 0.309. The first-order valence-corrected chi connectivity index (χ1v) is 15.0. The summed E-state index contributed by atoms with van der Waals surface area (Å²) >= 11 is 1.55. The number of rotatable bonds is 10. The van der Waals surface area contributed by atoms with Gasteiger partial charge in [0, 0.05) is 31.7 Å². The van der Waals surface area contributed by atoms with Gasteiger partial charge in [-0.15, -0.1) is 11.3 Å². The number of piperazine rings is 1. The second-order valence-corrected chi connectivity index (χ2v) is 10.9. The van der Waals surface area contributed by atoms with Gasteiger partial charge in [-0.05, 0) is 68.8 Å². The SMILES string of the molecule is CCCCOc1ccc(Oc2ccc(-c3nc(C)c4c(n3)sc3c(OCC)nc(N5CCNCC5)nc34)cc2)cc1. The highest BCUT2D eigenvalue weighted by Gasteiger charge is 2.22. The standard InChI is InChI=1S/C31H34N6O3S/c1-4-6-19-39-22-11-13-24(14-12-22)40-23-9-7-21(8-10-23)28-33-20(3)25-26-27(41-30(25)35-28)29(38-5-2)36-31(34-26)37-17-15-32-16-18-37/h7-14,32H,4-6,15-19H2,1-3H3. The van der Waals surface area contributed by atoms with Crippen molar-refractivity contribution in [2.75, 3.05) is 44.3 Å². The summed E-state index contributed by atoms with van der Waals surface area (Å²) in [6, 6.07) is 15.6. The number of benzene rings is 2. The second-order valence-electron chi connectivity index (χ2n) is 9.89. The zero-order valence-electron chi connectivity index (χ0n) is 23.6. The van der Waals surface area contributed by atoms with Crippen LogP contribution in [0, 0.1) is 6.92 Å². The Morgan fingerprint density at radius 2 is 1.56 bits per heavy atom. The molecule has 1 N–H and O–H groups in total. The van der Waals surface area contributed by atoms with E-state index in [1.165, 1.54) is 0 Å². The van der Waals surface area contributed by atoms with Crippen LogP contribution < -0.4 is 24.4 Å². The number of fused-ring (bicyclic) bond motifs is 3. The van der Waals surface area contributed by atoms with Crippen molar-refractivity contribution >= 4 is 37.7 Å². The Kier molecular flexibility index (Phi) is 8.11. The van der Waals surface area contributed by atoms with E-state index < -0.39 is 0 Å². The van der Waals surface area contributed by atoms with E-state index in [0.29, 0.717) is 24.3 Å². The van der Waals surface area contributed by atoms with Crippen molar-refractivity contribution in [2.45, 2.75) is 33.6 Å². The van der Waals surface area contributed by atoms with Crippen molar-refractivity contribution in [1.29, 1.82) is 0 Å². The van der Waals surface area contributed by atoms with Gasteiger partial charge < -0.3 is 24.4 Å². The minimum absolute atomic E-state index is 0.530. The summed E-state index contributed by atoms with van der Waals surface area (Å²) in [6.45, 7) is 10.9. The predicted octanol–water partition coefficient (Wildman–Crippen LogP) is 6.39.